The van der Waals surface area contributed by atoms with Crippen LogP contribution < -0.4 is 10.1 Å². The Labute approximate surface area is 212 Å². The lowest BCUT2D eigenvalue weighted by molar-refractivity contribution is -0.154. The van der Waals surface area contributed by atoms with Gasteiger partial charge in [0.15, 0.2) is 6.61 Å². The summed E-state index contributed by atoms with van der Waals surface area (Å²) in [6, 6.07) is 16.5. The number of amides is 3. The molecule has 3 aromatic rings. The summed E-state index contributed by atoms with van der Waals surface area (Å²) < 4.78 is 42.6. The number of aromatic nitrogens is 1. The molecule has 3 heterocycles. The van der Waals surface area contributed by atoms with Crippen molar-refractivity contribution in [3.8, 4) is 5.88 Å². The van der Waals surface area contributed by atoms with Crippen LogP contribution in [0.4, 0.5) is 23.7 Å². The van der Waals surface area contributed by atoms with Crippen molar-refractivity contribution in [2.75, 3.05) is 38.1 Å². The third kappa shape index (κ3) is 5.47. The Bertz CT molecular complexity index is 1300. The normalized spacial score (nSPS) is 17.3. The number of anilines is 1. The molecule has 1 aromatic heterocycles. The summed E-state index contributed by atoms with van der Waals surface area (Å²) >= 11 is 0. The lowest BCUT2D eigenvalue weighted by Gasteiger charge is -2.39. The number of pyridine rings is 1. The highest BCUT2D eigenvalue weighted by molar-refractivity contribution is 6.01. The zero-order valence-electron chi connectivity index (χ0n) is 20.1. The molecule has 7 nitrogen and oxygen atoms in total. The van der Waals surface area contributed by atoms with Crippen molar-refractivity contribution in [3.05, 3.63) is 66.4 Å². The summed E-state index contributed by atoms with van der Waals surface area (Å²) in [4.78, 5) is 33.4. The molecule has 0 aliphatic carbocycles. The molecule has 2 aliphatic rings. The van der Waals surface area contributed by atoms with Crippen LogP contribution in [-0.2, 0) is 0 Å². The van der Waals surface area contributed by atoms with E-state index in [1.807, 2.05) is 42.5 Å². The van der Waals surface area contributed by atoms with Gasteiger partial charge in [-0.25, -0.2) is 9.78 Å². The van der Waals surface area contributed by atoms with Gasteiger partial charge in [0.05, 0.1) is 5.69 Å². The molecule has 37 heavy (non-hydrogen) atoms. The van der Waals surface area contributed by atoms with Crippen LogP contribution in [0.1, 0.15) is 29.6 Å². The average molecular weight is 513 g/mol. The van der Waals surface area contributed by atoms with E-state index in [0.29, 0.717) is 26.2 Å². The minimum atomic E-state index is -4.52. The van der Waals surface area contributed by atoms with E-state index in [0.717, 1.165) is 35.7 Å². The SMILES string of the molecule is O=C(Nc1cccc2ccccc12)N1CCC2(CC1)CCN(C(=O)c1cccnc1OCC(F)(F)F)C2. The van der Waals surface area contributed by atoms with E-state index in [1.165, 1.54) is 18.3 Å². The van der Waals surface area contributed by atoms with E-state index in [-0.39, 0.29) is 22.9 Å². The average Bonchev–Trinajstić information content (AvgIpc) is 3.30. The van der Waals surface area contributed by atoms with Crippen molar-refractivity contribution in [3.63, 3.8) is 0 Å². The molecular formula is C27H27F3N4O3. The highest BCUT2D eigenvalue weighted by Crippen LogP contribution is 2.41. The highest BCUT2D eigenvalue weighted by Gasteiger charge is 2.43. The van der Waals surface area contributed by atoms with Crippen molar-refractivity contribution in [1.29, 1.82) is 0 Å². The minimum Gasteiger partial charge on any atom is -0.467 e. The number of alkyl halides is 3. The molecule has 1 spiro atoms. The Balaban J connectivity index is 1.19. The van der Waals surface area contributed by atoms with Gasteiger partial charge in [-0.3, -0.25) is 4.79 Å². The topological polar surface area (TPSA) is 74.8 Å². The molecule has 10 heteroatoms. The number of carbonyl (C=O) groups excluding carboxylic acids is 2. The van der Waals surface area contributed by atoms with Crippen LogP contribution in [0.15, 0.2) is 60.8 Å². The molecule has 0 atom stereocenters. The molecule has 2 aromatic carbocycles. The number of hydrogen-bond donors (Lipinski definition) is 1. The zero-order chi connectivity index (χ0) is 26.0. The molecule has 3 amide bonds. The van der Waals surface area contributed by atoms with Gasteiger partial charge in [-0.05, 0) is 48.3 Å². The number of nitrogens with one attached hydrogen (secondary N) is 1. The van der Waals surface area contributed by atoms with Crippen molar-refractivity contribution < 1.29 is 27.5 Å². The van der Waals surface area contributed by atoms with Crippen molar-refractivity contribution >= 4 is 28.4 Å². The van der Waals surface area contributed by atoms with E-state index < -0.39 is 18.7 Å². The minimum absolute atomic E-state index is 0.0238. The number of piperidine rings is 1. The van der Waals surface area contributed by atoms with E-state index in [4.69, 9.17) is 4.74 Å². The maximum Gasteiger partial charge on any atom is 0.422 e. The van der Waals surface area contributed by atoms with Gasteiger partial charge in [-0.1, -0.05) is 36.4 Å². The Kier molecular flexibility index (Phi) is 6.66. The second-order valence-corrected chi connectivity index (χ2v) is 9.68. The molecular weight excluding hydrogens is 485 g/mol. The number of fused-ring (bicyclic) bond motifs is 1. The van der Waals surface area contributed by atoms with Crippen LogP contribution in [-0.4, -0.2) is 65.7 Å². The molecule has 2 fully saturated rings. The van der Waals surface area contributed by atoms with Crippen LogP contribution in [0, 0.1) is 5.41 Å². The van der Waals surface area contributed by atoms with E-state index in [2.05, 4.69) is 10.3 Å². The Morgan fingerprint density at radius 1 is 0.946 bits per heavy atom. The summed E-state index contributed by atoms with van der Waals surface area (Å²) in [5, 5.41) is 5.06. The van der Waals surface area contributed by atoms with Crippen LogP contribution in [0.2, 0.25) is 0 Å². The largest absolute Gasteiger partial charge is 0.467 e. The van der Waals surface area contributed by atoms with Crippen molar-refractivity contribution in [2.45, 2.75) is 25.4 Å². The first-order valence-corrected chi connectivity index (χ1v) is 12.2. The fourth-order valence-corrected chi connectivity index (χ4v) is 5.22. The Morgan fingerprint density at radius 2 is 1.65 bits per heavy atom. The molecule has 0 saturated carbocycles. The standard InChI is InChI=1S/C27H27F3N4O3/c28-27(29,30)18-37-23-21(8-4-13-31-23)24(35)34-16-12-26(17-34)10-14-33(15-11-26)25(36)32-22-9-3-6-19-5-1-2-7-20(19)22/h1-9,13H,10-12,14-18H2,(H,32,36). The van der Waals surface area contributed by atoms with Gasteiger partial charge < -0.3 is 19.9 Å². The summed E-state index contributed by atoms with van der Waals surface area (Å²) in [5.41, 5.74) is 0.665. The number of benzene rings is 2. The van der Waals surface area contributed by atoms with E-state index in [1.54, 1.807) is 9.80 Å². The smallest absolute Gasteiger partial charge is 0.422 e. The monoisotopic (exact) mass is 512 g/mol. The maximum absolute atomic E-state index is 13.2. The summed E-state index contributed by atoms with van der Waals surface area (Å²) in [5.74, 6) is -0.705. The highest BCUT2D eigenvalue weighted by atomic mass is 19.4. The van der Waals surface area contributed by atoms with Crippen molar-refractivity contribution in [1.82, 2.24) is 14.8 Å². The van der Waals surface area contributed by atoms with Gasteiger partial charge >= 0.3 is 12.2 Å². The summed E-state index contributed by atoms with van der Waals surface area (Å²) in [6.07, 6.45) is -0.971. The third-order valence-corrected chi connectivity index (χ3v) is 7.24. The number of rotatable bonds is 4. The quantitative estimate of drug-likeness (QED) is 0.513. The van der Waals surface area contributed by atoms with Gasteiger partial charge in [0.1, 0.15) is 5.56 Å². The Morgan fingerprint density at radius 3 is 2.41 bits per heavy atom. The fourth-order valence-electron chi connectivity index (χ4n) is 5.22. The molecule has 0 bridgehead atoms. The number of nitrogens with zero attached hydrogens (tertiary/aromatic N) is 3. The van der Waals surface area contributed by atoms with Gasteiger partial charge in [0.2, 0.25) is 5.88 Å². The first-order chi connectivity index (χ1) is 17.7. The van der Waals surface area contributed by atoms with E-state index in [9.17, 15) is 22.8 Å². The first kappa shape index (κ1) is 24.9. The lowest BCUT2D eigenvalue weighted by atomic mass is 9.78. The van der Waals surface area contributed by atoms with Gasteiger partial charge in [-0.2, -0.15) is 13.2 Å². The molecule has 5 rings (SSSR count). The molecule has 0 radical (unpaired) electrons. The molecule has 1 N–H and O–H groups in total. The van der Waals surface area contributed by atoms with Crippen LogP contribution >= 0.6 is 0 Å². The lowest BCUT2D eigenvalue weighted by Crippen LogP contribution is -2.46. The Hall–Kier alpha value is -3.82. The maximum atomic E-state index is 13.2. The molecule has 0 unspecified atom stereocenters. The third-order valence-electron chi connectivity index (χ3n) is 7.24. The number of ether oxygens (including phenoxy) is 1. The number of carbonyl (C=O) groups is 2. The molecule has 194 valence electrons. The predicted octanol–water partition coefficient (Wildman–Crippen LogP) is 5.34. The first-order valence-electron chi connectivity index (χ1n) is 12.2. The van der Waals surface area contributed by atoms with Gasteiger partial charge in [0, 0.05) is 37.8 Å². The number of hydrogen-bond acceptors (Lipinski definition) is 4. The molecule has 2 aliphatic heterocycles. The number of urea groups is 1. The summed E-state index contributed by atoms with van der Waals surface area (Å²) in [7, 11) is 0. The summed E-state index contributed by atoms with van der Waals surface area (Å²) in [6.45, 7) is 0.592. The second kappa shape index (κ2) is 9.91. The van der Waals surface area contributed by atoms with E-state index >= 15 is 0 Å². The van der Waals surface area contributed by atoms with Gasteiger partial charge in [0.25, 0.3) is 5.91 Å². The zero-order valence-corrected chi connectivity index (χ0v) is 20.1. The van der Waals surface area contributed by atoms with Crippen LogP contribution in [0.3, 0.4) is 0 Å². The van der Waals surface area contributed by atoms with Crippen molar-refractivity contribution in [2.24, 2.45) is 5.41 Å². The predicted molar refractivity (Wildman–Crippen MR) is 133 cm³/mol. The fraction of sp³-hybridized carbons (Fsp3) is 0.370. The number of halogens is 3. The number of likely N-dealkylation sites (tertiary alicyclic amines) is 2. The van der Waals surface area contributed by atoms with Crippen LogP contribution in [0.25, 0.3) is 10.8 Å². The van der Waals surface area contributed by atoms with Gasteiger partial charge in [-0.15, -0.1) is 0 Å². The molecule has 2 saturated heterocycles. The van der Waals surface area contributed by atoms with Crippen LogP contribution in [0.5, 0.6) is 5.88 Å². The second-order valence-electron chi connectivity index (χ2n) is 9.68.